The number of rotatable bonds is 4. The zero-order chi connectivity index (χ0) is 23.3. The summed E-state index contributed by atoms with van der Waals surface area (Å²) in [5.74, 6) is -0.269. The van der Waals surface area contributed by atoms with Gasteiger partial charge in [0.1, 0.15) is 18.4 Å². The monoisotopic (exact) mass is 467 g/mol. The van der Waals surface area contributed by atoms with Crippen molar-refractivity contribution in [1.82, 2.24) is 9.88 Å². The molecule has 170 valence electrons. The molecule has 1 unspecified atom stereocenters. The molecular formula is C22H21ClF3N3O3. The molecule has 2 aliphatic rings. The predicted molar refractivity (Wildman–Crippen MR) is 111 cm³/mol. The number of hydrogen-bond donors (Lipinski definition) is 0. The van der Waals surface area contributed by atoms with Gasteiger partial charge >= 0.3 is 6.18 Å². The second-order valence-electron chi connectivity index (χ2n) is 8.48. The molecule has 2 aliphatic heterocycles. The molecule has 1 aromatic carbocycles. The molecule has 2 amide bonds. The van der Waals surface area contributed by atoms with Crippen LogP contribution in [0.25, 0.3) is 0 Å². The summed E-state index contributed by atoms with van der Waals surface area (Å²) in [6.07, 6.45) is -3.03. The summed E-state index contributed by atoms with van der Waals surface area (Å²) < 4.78 is 44.0. The normalized spacial score (nSPS) is 21.0. The maximum absolute atomic E-state index is 13.6. The van der Waals surface area contributed by atoms with Gasteiger partial charge in [0, 0.05) is 18.2 Å². The third kappa shape index (κ3) is 4.06. The largest absolute Gasteiger partial charge is 0.416 e. The van der Waals surface area contributed by atoms with Crippen LogP contribution in [-0.4, -0.2) is 47.5 Å². The first-order valence-electron chi connectivity index (χ1n) is 9.96. The average Bonchev–Trinajstić information content (AvgIpc) is 2.69. The van der Waals surface area contributed by atoms with Gasteiger partial charge in [0.25, 0.3) is 5.91 Å². The number of anilines is 1. The third-order valence-electron chi connectivity index (χ3n) is 5.86. The Labute approximate surface area is 187 Å². The molecule has 1 aromatic heterocycles. The first kappa shape index (κ1) is 22.5. The minimum atomic E-state index is -4.45. The predicted octanol–water partition coefficient (Wildman–Crippen LogP) is 3.84. The van der Waals surface area contributed by atoms with Gasteiger partial charge in [-0.25, -0.2) is 4.98 Å². The lowest BCUT2D eigenvalue weighted by molar-refractivity contribution is -0.174. The molecule has 2 saturated heterocycles. The Morgan fingerprint density at radius 3 is 2.41 bits per heavy atom. The highest BCUT2D eigenvalue weighted by Gasteiger charge is 2.54. The van der Waals surface area contributed by atoms with Crippen LogP contribution in [0.3, 0.4) is 0 Å². The molecule has 2 aromatic rings. The molecule has 10 heteroatoms. The van der Waals surface area contributed by atoms with Crippen molar-refractivity contribution >= 4 is 29.2 Å². The number of amides is 2. The maximum Gasteiger partial charge on any atom is 0.416 e. The molecule has 0 bridgehead atoms. The molecular weight excluding hydrogens is 447 g/mol. The Bertz CT molecular complexity index is 1050. The number of carbonyl (C=O) groups is 2. The molecule has 0 aliphatic carbocycles. The van der Waals surface area contributed by atoms with Crippen LogP contribution in [0.2, 0.25) is 5.02 Å². The van der Waals surface area contributed by atoms with Gasteiger partial charge in [-0.2, -0.15) is 13.2 Å². The second kappa shape index (κ2) is 8.04. The Balaban J connectivity index is 1.66. The van der Waals surface area contributed by atoms with Gasteiger partial charge in [0.15, 0.2) is 0 Å². The summed E-state index contributed by atoms with van der Waals surface area (Å²) in [7, 11) is 0. The van der Waals surface area contributed by atoms with Crippen molar-refractivity contribution in [3.05, 3.63) is 58.2 Å². The van der Waals surface area contributed by atoms with Crippen molar-refractivity contribution in [3.63, 3.8) is 0 Å². The van der Waals surface area contributed by atoms with E-state index in [0.717, 1.165) is 12.1 Å². The van der Waals surface area contributed by atoms with E-state index in [4.69, 9.17) is 16.3 Å². The van der Waals surface area contributed by atoms with Crippen molar-refractivity contribution in [3.8, 4) is 0 Å². The lowest BCUT2D eigenvalue weighted by atomic mass is 9.77. The molecule has 0 saturated carbocycles. The van der Waals surface area contributed by atoms with E-state index in [2.05, 4.69) is 4.98 Å². The number of aryl methyl sites for hydroxylation is 1. The van der Waals surface area contributed by atoms with E-state index in [1.54, 1.807) is 13.0 Å². The van der Waals surface area contributed by atoms with Crippen molar-refractivity contribution in [2.45, 2.75) is 32.6 Å². The third-order valence-corrected chi connectivity index (χ3v) is 6.06. The number of hydrogen-bond acceptors (Lipinski definition) is 4. The van der Waals surface area contributed by atoms with Gasteiger partial charge in [-0.15, -0.1) is 0 Å². The molecule has 4 rings (SSSR count). The van der Waals surface area contributed by atoms with Gasteiger partial charge in [0.2, 0.25) is 5.91 Å². The summed E-state index contributed by atoms with van der Waals surface area (Å²) in [5, 5.41) is 0.418. The summed E-state index contributed by atoms with van der Waals surface area (Å²) >= 11 is 5.98. The molecule has 3 heterocycles. The van der Waals surface area contributed by atoms with Gasteiger partial charge < -0.3 is 9.64 Å². The fourth-order valence-corrected chi connectivity index (χ4v) is 4.37. The Morgan fingerprint density at radius 2 is 1.88 bits per heavy atom. The first-order chi connectivity index (χ1) is 15.0. The maximum atomic E-state index is 13.6. The van der Waals surface area contributed by atoms with Crippen LogP contribution in [0.4, 0.5) is 19.0 Å². The van der Waals surface area contributed by atoms with Crippen molar-refractivity contribution in [2.24, 2.45) is 5.41 Å². The molecule has 0 radical (unpaired) electrons. The van der Waals surface area contributed by atoms with Gasteiger partial charge in [-0.1, -0.05) is 30.7 Å². The molecule has 2 fully saturated rings. The van der Waals surface area contributed by atoms with Gasteiger partial charge in [0.05, 0.1) is 23.8 Å². The number of aromatic nitrogens is 1. The minimum absolute atomic E-state index is 0.0177. The van der Waals surface area contributed by atoms with Crippen LogP contribution in [0, 0.1) is 12.3 Å². The summed E-state index contributed by atoms with van der Waals surface area (Å²) in [6, 6.07) is 5.43. The number of alkyl halides is 3. The molecule has 32 heavy (non-hydrogen) atoms. The quantitative estimate of drug-likeness (QED) is 0.685. The van der Waals surface area contributed by atoms with Gasteiger partial charge in [-0.3, -0.25) is 14.5 Å². The number of nitrogens with zero attached hydrogens (tertiary/aromatic N) is 3. The number of piperazine rings is 1. The van der Waals surface area contributed by atoms with Crippen molar-refractivity contribution in [2.75, 3.05) is 24.7 Å². The second-order valence-corrected chi connectivity index (χ2v) is 8.92. The van der Waals surface area contributed by atoms with Crippen molar-refractivity contribution in [1.29, 1.82) is 0 Å². The number of pyridine rings is 1. The van der Waals surface area contributed by atoms with E-state index in [9.17, 15) is 22.8 Å². The highest BCUT2D eigenvalue weighted by atomic mass is 35.5. The van der Waals surface area contributed by atoms with Crippen molar-refractivity contribution < 1.29 is 27.5 Å². The van der Waals surface area contributed by atoms with Crippen LogP contribution in [0.1, 0.15) is 23.6 Å². The van der Waals surface area contributed by atoms with E-state index < -0.39 is 23.2 Å². The molecule has 0 spiro atoms. The molecule has 0 N–H and O–H groups in total. The van der Waals surface area contributed by atoms with E-state index in [1.807, 2.05) is 6.92 Å². The highest BCUT2D eigenvalue weighted by Crippen LogP contribution is 2.39. The molecule has 6 nitrogen and oxygen atoms in total. The fraction of sp³-hybridized carbons (Fsp3) is 0.409. The van der Waals surface area contributed by atoms with E-state index in [-0.39, 0.29) is 24.9 Å². The number of halogens is 4. The van der Waals surface area contributed by atoms with Crippen LogP contribution < -0.4 is 4.90 Å². The highest BCUT2D eigenvalue weighted by molar-refractivity contribution is 6.30. The first-order valence-corrected chi connectivity index (χ1v) is 10.3. The number of benzene rings is 1. The minimum Gasteiger partial charge on any atom is -0.380 e. The zero-order valence-corrected chi connectivity index (χ0v) is 18.2. The molecule has 1 atom stereocenters. The summed E-state index contributed by atoms with van der Waals surface area (Å²) in [6.45, 7) is 4.00. The van der Waals surface area contributed by atoms with Crippen LogP contribution >= 0.6 is 11.6 Å². The Kier molecular flexibility index (Phi) is 5.67. The summed E-state index contributed by atoms with van der Waals surface area (Å²) in [5.41, 5.74) is -0.225. The lowest BCUT2D eigenvalue weighted by Crippen LogP contribution is -2.69. The number of carbonyl (C=O) groups excluding carboxylic acids is 2. The van der Waals surface area contributed by atoms with Crippen LogP contribution in [0.5, 0.6) is 0 Å². The van der Waals surface area contributed by atoms with E-state index in [0.29, 0.717) is 35.2 Å². The van der Waals surface area contributed by atoms with Gasteiger partial charge in [-0.05, 0) is 36.2 Å². The van der Waals surface area contributed by atoms with Crippen LogP contribution in [-0.2, 0) is 27.0 Å². The zero-order valence-electron chi connectivity index (χ0n) is 17.4. The van der Waals surface area contributed by atoms with Crippen LogP contribution in [0.15, 0.2) is 36.5 Å². The SMILES string of the molecule is Cc1cc(Cl)cnc1N1CC(=O)N(Cc2ccc(C(F)(F)F)cc2)C(C2(C)COC2)C1=O. The summed E-state index contributed by atoms with van der Waals surface area (Å²) in [4.78, 5) is 33.8. The van der Waals surface area contributed by atoms with E-state index >= 15 is 0 Å². The topological polar surface area (TPSA) is 62.7 Å². The van der Waals surface area contributed by atoms with E-state index in [1.165, 1.54) is 28.1 Å². The number of ether oxygens (including phenoxy) is 1. The Morgan fingerprint density at radius 1 is 1.22 bits per heavy atom. The fourth-order valence-electron chi connectivity index (χ4n) is 4.16. The standard InChI is InChI=1S/C22H21ClF3N3O3/c1-13-7-16(23)8-27-19(13)29-10-17(30)28(18(20(29)31)21(2)11-32-12-21)9-14-3-5-15(6-4-14)22(24,25)26/h3-8,18H,9-12H2,1-2H3. The Hall–Kier alpha value is -2.65. The average molecular weight is 468 g/mol. The smallest absolute Gasteiger partial charge is 0.380 e. The lowest BCUT2D eigenvalue weighted by Gasteiger charge is -2.51.